The van der Waals surface area contributed by atoms with Crippen molar-refractivity contribution in [1.82, 2.24) is 0 Å². The smallest absolute Gasteiger partial charge is 0.0999 e. The van der Waals surface area contributed by atoms with Gasteiger partial charge < -0.3 is 12.4 Å². The fourth-order valence-electron chi connectivity index (χ4n) is 3.44. The maximum absolute atomic E-state index is 2.33. The summed E-state index contributed by atoms with van der Waals surface area (Å²) in [4.78, 5) is 0. The molecule has 1 heterocycles. The van der Waals surface area contributed by atoms with E-state index in [1.165, 1.54) is 22.9 Å². The van der Waals surface area contributed by atoms with Gasteiger partial charge in [0.2, 0.25) is 0 Å². The van der Waals surface area contributed by atoms with E-state index < -0.39 is 7.26 Å². The minimum Gasteiger partial charge on any atom is -1.00 e. The van der Waals surface area contributed by atoms with E-state index in [1.54, 1.807) is 11.1 Å². The van der Waals surface area contributed by atoms with Gasteiger partial charge in [0, 0.05) is 0 Å². The van der Waals surface area contributed by atoms with Crippen LogP contribution in [-0.4, -0.2) is 0 Å². The topological polar surface area (TPSA) is 0 Å². The average molecular weight is 325 g/mol. The molecule has 1 aliphatic heterocycles. The molecule has 0 fully saturated rings. The van der Waals surface area contributed by atoms with Gasteiger partial charge in [-0.3, -0.25) is 0 Å². The first kappa shape index (κ1) is 15.3. The zero-order chi connectivity index (χ0) is 14.1. The second-order valence-corrected chi connectivity index (χ2v) is 9.32. The summed E-state index contributed by atoms with van der Waals surface area (Å²) in [5.41, 5.74) is 3.08. The Morgan fingerprint density at radius 2 is 0.864 bits per heavy atom. The van der Waals surface area contributed by atoms with Crippen LogP contribution in [0.15, 0.2) is 84.9 Å². The van der Waals surface area contributed by atoms with E-state index in [-0.39, 0.29) is 12.4 Å². The third kappa shape index (κ3) is 2.47. The van der Waals surface area contributed by atoms with Gasteiger partial charge in [-0.25, -0.2) is 0 Å². The van der Waals surface area contributed by atoms with E-state index in [9.17, 15) is 0 Å². The van der Waals surface area contributed by atoms with E-state index >= 15 is 0 Å². The Bertz CT molecular complexity index is 686. The standard InChI is InChI=1S/C20H18P.ClH/c1-3-11-19(12-4-1)21(20-13-5-2-6-14-20)15-17-9-7-8-10-18(17)16-21;/h1-14H,15-16H2;1H/q+1;/p-1. The van der Waals surface area contributed by atoms with Crippen LogP contribution in [0.2, 0.25) is 0 Å². The Labute approximate surface area is 139 Å². The number of hydrogen-bond acceptors (Lipinski definition) is 0. The molecule has 0 N–H and O–H groups in total. The lowest BCUT2D eigenvalue weighted by Gasteiger charge is -2.22. The Morgan fingerprint density at radius 1 is 0.500 bits per heavy atom. The SMILES string of the molecule is [Cl-].c1ccc([P+]2(c3ccccc3)Cc3ccccc3C2)cc1. The van der Waals surface area contributed by atoms with E-state index in [0.29, 0.717) is 0 Å². The quantitative estimate of drug-likeness (QED) is 0.625. The molecular weight excluding hydrogens is 307 g/mol. The maximum Gasteiger partial charge on any atom is 0.0999 e. The molecule has 3 aromatic rings. The largest absolute Gasteiger partial charge is 1.00 e. The maximum atomic E-state index is 2.33. The molecule has 0 atom stereocenters. The summed E-state index contributed by atoms with van der Waals surface area (Å²) in [5.74, 6) is 0. The van der Waals surface area contributed by atoms with Crippen LogP contribution in [-0.2, 0) is 12.3 Å². The van der Waals surface area contributed by atoms with Gasteiger partial charge in [0.25, 0.3) is 0 Å². The van der Waals surface area contributed by atoms with Crippen molar-refractivity contribution < 1.29 is 12.4 Å². The number of halogens is 1. The van der Waals surface area contributed by atoms with Gasteiger partial charge in [-0.2, -0.15) is 0 Å². The summed E-state index contributed by atoms with van der Waals surface area (Å²) in [6.07, 6.45) is 2.41. The lowest BCUT2D eigenvalue weighted by atomic mass is 10.1. The number of benzene rings is 3. The molecule has 110 valence electrons. The zero-order valence-electron chi connectivity index (χ0n) is 12.3. The fraction of sp³-hybridized carbons (Fsp3) is 0.100. The Hall–Kier alpha value is -1.62. The average Bonchev–Trinajstić information content (AvgIpc) is 2.97. The van der Waals surface area contributed by atoms with Crippen molar-refractivity contribution in [1.29, 1.82) is 0 Å². The van der Waals surface area contributed by atoms with Crippen LogP contribution in [0.4, 0.5) is 0 Å². The van der Waals surface area contributed by atoms with Crippen LogP contribution in [0.3, 0.4) is 0 Å². The molecule has 4 rings (SSSR count). The zero-order valence-corrected chi connectivity index (χ0v) is 14.0. The van der Waals surface area contributed by atoms with Crippen molar-refractivity contribution in [2.75, 3.05) is 0 Å². The second-order valence-electron chi connectivity index (χ2n) is 5.72. The lowest BCUT2D eigenvalue weighted by molar-refractivity contribution is -0.00000412. The summed E-state index contributed by atoms with van der Waals surface area (Å²) >= 11 is 0. The summed E-state index contributed by atoms with van der Waals surface area (Å²) in [6, 6.07) is 31.2. The fourth-order valence-corrected chi connectivity index (χ4v) is 7.85. The first-order chi connectivity index (χ1) is 10.4. The Kier molecular flexibility index (Phi) is 4.34. The molecule has 0 aromatic heterocycles. The highest BCUT2D eigenvalue weighted by Crippen LogP contribution is 2.66. The summed E-state index contributed by atoms with van der Waals surface area (Å²) in [6.45, 7) is 0. The molecule has 1 aliphatic rings. The van der Waals surface area contributed by atoms with Gasteiger partial charge in [-0.15, -0.1) is 0 Å². The van der Waals surface area contributed by atoms with Crippen molar-refractivity contribution in [2.45, 2.75) is 12.3 Å². The molecule has 0 saturated heterocycles. The summed E-state index contributed by atoms with van der Waals surface area (Å²) in [5, 5.41) is 3.07. The van der Waals surface area contributed by atoms with E-state index in [4.69, 9.17) is 0 Å². The third-order valence-corrected chi connectivity index (χ3v) is 8.83. The van der Waals surface area contributed by atoms with E-state index in [1.807, 2.05) is 0 Å². The highest BCUT2D eigenvalue weighted by atomic mass is 35.5. The van der Waals surface area contributed by atoms with Gasteiger partial charge in [0.05, 0.1) is 30.2 Å². The van der Waals surface area contributed by atoms with Crippen LogP contribution in [0.25, 0.3) is 0 Å². The molecule has 0 unspecified atom stereocenters. The van der Waals surface area contributed by atoms with E-state index in [0.717, 1.165) is 0 Å². The molecule has 0 saturated carbocycles. The van der Waals surface area contributed by atoms with Gasteiger partial charge in [0.1, 0.15) is 0 Å². The monoisotopic (exact) mass is 324 g/mol. The number of fused-ring (bicyclic) bond motifs is 1. The van der Waals surface area contributed by atoms with Crippen molar-refractivity contribution in [2.24, 2.45) is 0 Å². The van der Waals surface area contributed by atoms with E-state index in [2.05, 4.69) is 84.9 Å². The first-order valence-electron chi connectivity index (χ1n) is 7.44. The van der Waals surface area contributed by atoms with Gasteiger partial charge in [0.15, 0.2) is 0 Å². The Balaban J connectivity index is 0.00000144. The van der Waals surface area contributed by atoms with Crippen molar-refractivity contribution in [3.05, 3.63) is 96.1 Å². The van der Waals surface area contributed by atoms with Gasteiger partial charge in [-0.05, 0) is 35.4 Å². The Morgan fingerprint density at radius 3 is 1.27 bits per heavy atom. The van der Waals surface area contributed by atoms with Crippen molar-refractivity contribution in [3.8, 4) is 0 Å². The summed E-state index contributed by atoms with van der Waals surface area (Å²) in [7, 11) is -1.33. The number of rotatable bonds is 2. The molecule has 0 spiro atoms. The molecule has 22 heavy (non-hydrogen) atoms. The molecule has 2 heteroatoms. The molecule has 3 aromatic carbocycles. The second kappa shape index (κ2) is 6.24. The molecule has 0 amide bonds. The molecule has 0 nitrogen and oxygen atoms in total. The lowest BCUT2D eigenvalue weighted by Crippen LogP contribution is -3.00. The van der Waals surface area contributed by atoms with Crippen LogP contribution in [0, 0.1) is 0 Å². The highest BCUT2D eigenvalue weighted by Gasteiger charge is 2.47. The molecule has 0 bridgehead atoms. The predicted octanol–water partition coefficient (Wildman–Crippen LogP) is 1.37. The first-order valence-corrected chi connectivity index (χ1v) is 9.59. The minimum absolute atomic E-state index is 0. The number of hydrogen-bond donors (Lipinski definition) is 0. The third-order valence-electron chi connectivity index (χ3n) is 4.50. The van der Waals surface area contributed by atoms with Gasteiger partial charge in [-0.1, -0.05) is 60.7 Å². The minimum atomic E-state index is -1.33. The van der Waals surface area contributed by atoms with Crippen LogP contribution in [0.5, 0.6) is 0 Å². The molecule has 0 radical (unpaired) electrons. The normalized spacial score (nSPS) is 14.9. The van der Waals surface area contributed by atoms with Crippen molar-refractivity contribution >= 4 is 17.9 Å². The highest BCUT2D eigenvalue weighted by molar-refractivity contribution is 7.88. The van der Waals surface area contributed by atoms with Crippen LogP contribution in [0.1, 0.15) is 11.1 Å². The van der Waals surface area contributed by atoms with Crippen molar-refractivity contribution in [3.63, 3.8) is 0 Å². The van der Waals surface area contributed by atoms with Crippen LogP contribution < -0.4 is 23.0 Å². The molecule has 0 aliphatic carbocycles. The van der Waals surface area contributed by atoms with Crippen LogP contribution >= 0.6 is 7.26 Å². The molecular formula is C20H18ClP. The van der Waals surface area contributed by atoms with Gasteiger partial charge >= 0.3 is 0 Å². The predicted molar refractivity (Wildman–Crippen MR) is 92.9 cm³/mol. The summed E-state index contributed by atoms with van der Waals surface area (Å²) < 4.78 is 0.